The first kappa shape index (κ1) is 13.7. The number of hydrogen-bond donors (Lipinski definition) is 0. The fraction of sp³-hybridized carbons (Fsp3) is 0.429. The van der Waals surface area contributed by atoms with Gasteiger partial charge < -0.3 is 9.80 Å². The van der Waals surface area contributed by atoms with Crippen LogP contribution >= 0.6 is 0 Å². The van der Waals surface area contributed by atoms with E-state index < -0.39 is 0 Å². The maximum atomic E-state index is 12.6. The lowest BCUT2D eigenvalue weighted by molar-refractivity contribution is 0.0664. The van der Waals surface area contributed by atoms with Gasteiger partial charge in [-0.2, -0.15) is 0 Å². The SMILES string of the molecule is CN1CCN(C(=O)c2cccc(-c3nnnn3C)c2)CC1. The molecule has 1 aromatic carbocycles. The molecule has 3 rings (SSSR count). The molecule has 7 heteroatoms. The Morgan fingerprint density at radius 3 is 2.57 bits per heavy atom. The van der Waals surface area contributed by atoms with Crippen molar-refractivity contribution < 1.29 is 4.79 Å². The van der Waals surface area contributed by atoms with Crippen LogP contribution in [0.15, 0.2) is 24.3 Å². The van der Waals surface area contributed by atoms with Gasteiger partial charge in [-0.05, 0) is 29.6 Å². The molecule has 1 amide bonds. The van der Waals surface area contributed by atoms with Gasteiger partial charge in [-0.1, -0.05) is 12.1 Å². The number of nitrogens with zero attached hydrogens (tertiary/aromatic N) is 6. The fourth-order valence-electron chi connectivity index (χ4n) is 2.46. The molecule has 21 heavy (non-hydrogen) atoms. The van der Waals surface area contributed by atoms with E-state index in [9.17, 15) is 4.79 Å². The number of rotatable bonds is 2. The van der Waals surface area contributed by atoms with Crippen LogP contribution in [0.1, 0.15) is 10.4 Å². The zero-order valence-electron chi connectivity index (χ0n) is 12.2. The summed E-state index contributed by atoms with van der Waals surface area (Å²) in [5.41, 5.74) is 1.53. The van der Waals surface area contributed by atoms with E-state index in [1.807, 2.05) is 29.2 Å². The Kier molecular flexibility index (Phi) is 3.66. The van der Waals surface area contributed by atoms with Crippen molar-refractivity contribution in [3.63, 3.8) is 0 Å². The predicted molar refractivity (Wildman–Crippen MR) is 77.6 cm³/mol. The summed E-state index contributed by atoms with van der Waals surface area (Å²) < 4.78 is 1.60. The second-order valence-corrected chi connectivity index (χ2v) is 5.30. The van der Waals surface area contributed by atoms with Gasteiger partial charge in [0.15, 0.2) is 5.82 Å². The van der Waals surface area contributed by atoms with Crippen LogP contribution < -0.4 is 0 Å². The zero-order chi connectivity index (χ0) is 14.8. The summed E-state index contributed by atoms with van der Waals surface area (Å²) >= 11 is 0. The molecule has 0 bridgehead atoms. The predicted octanol–water partition coefficient (Wildman–Crippen LogP) is 0.265. The number of benzene rings is 1. The quantitative estimate of drug-likeness (QED) is 0.792. The second kappa shape index (κ2) is 5.61. The Morgan fingerprint density at radius 1 is 1.14 bits per heavy atom. The minimum absolute atomic E-state index is 0.0695. The van der Waals surface area contributed by atoms with Crippen LogP contribution in [0, 0.1) is 0 Å². The standard InChI is InChI=1S/C14H18N6O/c1-18-6-8-20(9-7-18)14(21)12-5-3-4-11(10-12)13-15-16-17-19(13)2/h3-5,10H,6-9H2,1-2H3. The highest BCUT2D eigenvalue weighted by Gasteiger charge is 2.20. The molecule has 0 saturated carbocycles. The smallest absolute Gasteiger partial charge is 0.253 e. The third kappa shape index (κ3) is 2.78. The molecule has 0 N–H and O–H groups in total. The van der Waals surface area contributed by atoms with Gasteiger partial charge in [0.2, 0.25) is 0 Å². The van der Waals surface area contributed by atoms with Crippen molar-refractivity contribution >= 4 is 5.91 Å². The summed E-state index contributed by atoms with van der Waals surface area (Å²) in [6.45, 7) is 3.37. The topological polar surface area (TPSA) is 67.2 Å². The van der Waals surface area contributed by atoms with Gasteiger partial charge in [-0.3, -0.25) is 4.79 Å². The van der Waals surface area contributed by atoms with Crippen molar-refractivity contribution in [2.24, 2.45) is 7.05 Å². The van der Waals surface area contributed by atoms with Gasteiger partial charge in [-0.15, -0.1) is 5.10 Å². The Morgan fingerprint density at radius 2 is 1.90 bits per heavy atom. The molecule has 7 nitrogen and oxygen atoms in total. The van der Waals surface area contributed by atoms with E-state index in [0.717, 1.165) is 31.7 Å². The van der Waals surface area contributed by atoms with Crippen LogP contribution in [0.2, 0.25) is 0 Å². The van der Waals surface area contributed by atoms with Gasteiger partial charge >= 0.3 is 0 Å². The number of tetrazole rings is 1. The summed E-state index contributed by atoms with van der Waals surface area (Å²) in [6, 6.07) is 7.47. The van der Waals surface area contributed by atoms with Crippen LogP contribution in [0.25, 0.3) is 11.4 Å². The minimum atomic E-state index is 0.0695. The second-order valence-electron chi connectivity index (χ2n) is 5.30. The van der Waals surface area contributed by atoms with Gasteiger partial charge in [0, 0.05) is 44.4 Å². The Bertz CT molecular complexity index is 644. The monoisotopic (exact) mass is 286 g/mol. The number of hydrogen-bond acceptors (Lipinski definition) is 5. The molecule has 1 aliphatic rings. The molecular weight excluding hydrogens is 268 g/mol. The molecule has 0 aliphatic carbocycles. The van der Waals surface area contributed by atoms with Gasteiger partial charge in [0.25, 0.3) is 5.91 Å². The van der Waals surface area contributed by atoms with E-state index >= 15 is 0 Å². The Labute approximate surface area is 123 Å². The average molecular weight is 286 g/mol. The molecule has 0 unspecified atom stereocenters. The summed E-state index contributed by atoms with van der Waals surface area (Å²) in [5.74, 6) is 0.725. The first-order valence-electron chi connectivity index (χ1n) is 6.96. The number of carbonyl (C=O) groups is 1. The van der Waals surface area contributed by atoms with Crippen LogP contribution in [0.4, 0.5) is 0 Å². The van der Waals surface area contributed by atoms with Crippen molar-refractivity contribution in [2.75, 3.05) is 33.2 Å². The van der Waals surface area contributed by atoms with Gasteiger partial charge in [0.1, 0.15) is 0 Å². The molecule has 2 aromatic rings. The van der Waals surface area contributed by atoms with Crippen molar-refractivity contribution in [3.05, 3.63) is 29.8 Å². The Balaban J connectivity index is 1.83. The number of likely N-dealkylation sites (N-methyl/N-ethyl adjacent to an activating group) is 1. The molecular formula is C14H18N6O. The summed E-state index contributed by atoms with van der Waals surface area (Å²) in [4.78, 5) is 16.7. The number of aryl methyl sites for hydroxylation is 1. The molecule has 1 aliphatic heterocycles. The lowest BCUT2D eigenvalue weighted by Crippen LogP contribution is -2.47. The third-order valence-corrected chi connectivity index (χ3v) is 3.78. The molecule has 1 fully saturated rings. The lowest BCUT2D eigenvalue weighted by Gasteiger charge is -2.32. The normalized spacial score (nSPS) is 16.2. The highest BCUT2D eigenvalue weighted by molar-refractivity contribution is 5.95. The van der Waals surface area contributed by atoms with Crippen molar-refractivity contribution in [2.45, 2.75) is 0 Å². The van der Waals surface area contributed by atoms with Crippen LogP contribution in [0.5, 0.6) is 0 Å². The number of amides is 1. The largest absolute Gasteiger partial charge is 0.336 e. The first-order valence-corrected chi connectivity index (χ1v) is 6.96. The van der Waals surface area contributed by atoms with Crippen LogP contribution in [-0.4, -0.2) is 69.1 Å². The maximum absolute atomic E-state index is 12.6. The van der Waals surface area contributed by atoms with Crippen molar-refractivity contribution in [3.8, 4) is 11.4 Å². The maximum Gasteiger partial charge on any atom is 0.253 e. The van der Waals surface area contributed by atoms with E-state index in [1.54, 1.807) is 11.7 Å². The average Bonchev–Trinajstić information content (AvgIpc) is 2.94. The van der Waals surface area contributed by atoms with E-state index in [2.05, 4.69) is 27.5 Å². The van der Waals surface area contributed by atoms with E-state index in [-0.39, 0.29) is 5.91 Å². The highest BCUT2D eigenvalue weighted by atomic mass is 16.2. The zero-order valence-corrected chi connectivity index (χ0v) is 12.2. The summed E-state index contributed by atoms with van der Waals surface area (Å²) in [5, 5.41) is 11.4. The molecule has 1 aromatic heterocycles. The summed E-state index contributed by atoms with van der Waals surface area (Å²) in [6.07, 6.45) is 0. The highest BCUT2D eigenvalue weighted by Crippen LogP contribution is 2.18. The van der Waals surface area contributed by atoms with E-state index in [4.69, 9.17) is 0 Å². The molecule has 2 heterocycles. The van der Waals surface area contributed by atoms with Gasteiger partial charge in [-0.25, -0.2) is 4.68 Å². The van der Waals surface area contributed by atoms with Crippen molar-refractivity contribution in [1.29, 1.82) is 0 Å². The van der Waals surface area contributed by atoms with Crippen LogP contribution in [-0.2, 0) is 7.05 Å². The van der Waals surface area contributed by atoms with Gasteiger partial charge in [0.05, 0.1) is 0 Å². The van der Waals surface area contributed by atoms with E-state index in [1.165, 1.54) is 0 Å². The number of piperazine rings is 1. The lowest BCUT2D eigenvalue weighted by atomic mass is 10.1. The molecule has 1 saturated heterocycles. The third-order valence-electron chi connectivity index (χ3n) is 3.78. The first-order chi connectivity index (χ1) is 10.1. The molecule has 0 spiro atoms. The fourth-order valence-corrected chi connectivity index (χ4v) is 2.46. The van der Waals surface area contributed by atoms with Crippen LogP contribution in [0.3, 0.4) is 0 Å². The number of aromatic nitrogens is 4. The summed E-state index contributed by atoms with van der Waals surface area (Å²) in [7, 11) is 3.85. The minimum Gasteiger partial charge on any atom is -0.336 e. The van der Waals surface area contributed by atoms with E-state index in [0.29, 0.717) is 11.4 Å². The Hall–Kier alpha value is -2.28. The number of carbonyl (C=O) groups excluding carboxylic acids is 1. The molecule has 110 valence electrons. The molecule has 0 radical (unpaired) electrons. The molecule has 0 atom stereocenters. The van der Waals surface area contributed by atoms with Crippen molar-refractivity contribution in [1.82, 2.24) is 30.0 Å².